The number of amides is 2. The second-order valence-corrected chi connectivity index (χ2v) is 10.9. The molecule has 2 aromatic carbocycles. The quantitative estimate of drug-likeness (QED) is 0.362. The summed E-state index contributed by atoms with van der Waals surface area (Å²) in [7, 11) is 1.62. The number of fused-ring (bicyclic) bond motifs is 1. The molecule has 38 heavy (non-hydrogen) atoms. The summed E-state index contributed by atoms with van der Waals surface area (Å²) in [6, 6.07) is 16.1. The predicted molar refractivity (Wildman–Crippen MR) is 147 cm³/mol. The molecule has 3 aromatic rings. The summed E-state index contributed by atoms with van der Waals surface area (Å²) in [4.78, 5) is 32.1. The Bertz CT molecular complexity index is 1280. The van der Waals surface area contributed by atoms with Crippen LogP contribution in [0, 0.1) is 0 Å². The lowest BCUT2D eigenvalue weighted by molar-refractivity contribution is -0.135. The third kappa shape index (κ3) is 6.14. The van der Waals surface area contributed by atoms with E-state index in [1.54, 1.807) is 47.6 Å². The lowest BCUT2D eigenvalue weighted by atomic mass is 10.00. The van der Waals surface area contributed by atoms with E-state index in [1.807, 2.05) is 29.2 Å². The van der Waals surface area contributed by atoms with Crippen LogP contribution in [0.2, 0.25) is 5.02 Å². The van der Waals surface area contributed by atoms with E-state index >= 15 is 0 Å². The van der Waals surface area contributed by atoms with E-state index in [9.17, 15) is 9.59 Å². The molecule has 0 spiro atoms. The molecule has 0 bridgehead atoms. The smallest absolute Gasteiger partial charge is 0.254 e. The number of thiophene rings is 1. The number of carbonyl (C=O) groups excluding carboxylic acids is 2. The van der Waals surface area contributed by atoms with Crippen LogP contribution in [0.25, 0.3) is 0 Å². The predicted octanol–water partition coefficient (Wildman–Crippen LogP) is 5.24. The second-order valence-electron chi connectivity index (χ2n) is 9.47. The van der Waals surface area contributed by atoms with E-state index in [0.29, 0.717) is 48.4 Å². The van der Waals surface area contributed by atoms with Crippen LogP contribution in [0.5, 0.6) is 11.5 Å². The number of nitrogens with zero attached hydrogens (tertiary/aromatic N) is 2. The molecule has 0 aliphatic carbocycles. The highest BCUT2D eigenvalue weighted by Crippen LogP contribution is 2.34. The average Bonchev–Trinajstić information content (AvgIpc) is 3.63. The van der Waals surface area contributed by atoms with Gasteiger partial charge in [-0.15, -0.1) is 11.3 Å². The molecule has 0 unspecified atom stereocenters. The van der Waals surface area contributed by atoms with Crippen molar-refractivity contribution in [2.24, 2.45) is 0 Å². The third-order valence-corrected chi connectivity index (χ3v) is 8.23. The van der Waals surface area contributed by atoms with Crippen LogP contribution in [-0.4, -0.2) is 67.7 Å². The van der Waals surface area contributed by atoms with Crippen molar-refractivity contribution in [1.82, 2.24) is 9.80 Å². The maximum atomic E-state index is 13.8. The molecule has 1 aromatic heterocycles. The van der Waals surface area contributed by atoms with E-state index in [0.717, 1.165) is 24.8 Å². The van der Waals surface area contributed by atoms with Crippen molar-refractivity contribution in [2.45, 2.75) is 31.4 Å². The Hall–Kier alpha value is -3.07. The van der Waals surface area contributed by atoms with Crippen LogP contribution in [0.4, 0.5) is 0 Å². The first kappa shape index (κ1) is 26.5. The number of halogens is 1. The van der Waals surface area contributed by atoms with E-state index in [1.165, 1.54) is 4.88 Å². The van der Waals surface area contributed by atoms with Gasteiger partial charge in [0.1, 0.15) is 24.7 Å². The maximum absolute atomic E-state index is 13.8. The van der Waals surface area contributed by atoms with E-state index in [4.69, 9.17) is 25.8 Å². The van der Waals surface area contributed by atoms with Gasteiger partial charge in [0, 0.05) is 41.2 Å². The van der Waals surface area contributed by atoms with Gasteiger partial charge in [-0.3, -0.25) is 9.59 Å². The molecule has 2 aliphatic rings. The van der Waals surface area contributed by atoms with Crippen molar-refractivity contribution in [2.75, 3.05) is 40.0 Å². The van der Waals surface area contributed by atoms with Crippen molar-refractivity contribution < 1.29 is 23.8 Å². The van der Waals surface area contributed by atoms with Crippen molar-refractivity contribution in [1.29, 1.82) is 0 Å². The highest BCUT2D eigenvalue weighted by Gasteiger charge is 2.34. The van der Waals surface area contributed by atoms with Crippen LogP contribution in [0.1, 0.15) is 39.7 Å². The van der Waals surface area contributed by atoms with Crippen molar-refractivity contribution in [3.63, 3.8) is 0 Å². The largest absolute Gasteiger partial charge is 0.497 e. The van der Waals surface area contributed by atoms with E-state index < -0.39 is 0 Å². The number of methoxy groups -OCH3 is 1. The molecule has 2 amide bonds. The van der Waals surface area contributed by atoms with Crippen LogP contribution >= 0.6 is 22.9 Å². The van der Waals surface area contributed by atoms with Crippen molar-refractivity contribution in [3.05, 3.63) is 81.0 Å². The van der Waals surface area contributed by atoms with E-state index in [2.05, 4.69) is 11.4 Å². The van der Waals surface area contributed by atoms with Crippen LogP contribution in [-0.2, 0) is 16.0 Å². The highest BCUT2D eigenvalue weighted by atomic mass is 35.5. The molecule has 2 atom stereocenters. The molecule has 0 N–H and O–H groups in total. The molecule has 2 aliphatic heterocycles. The number of benzene rings is 2. The van der Waals surface area contributed by atoms with Gasteiger partial charge in [-0.1, -0.05) is 23.7 Å². The van der Waals surface area contributed by atoms with Crippen LogP contribution in [0.3, 0.4) is 0 Å². The lowest BCUT2D eigenvalue weighted by Crippen LogP contribution is -2.49. The number of rotatable bonds is 9. The first-order chi connectivity index (χ1) is 18.5. The molecular formula is C29H31ClN2O5S. The Morgan fingerprint density at radius 3 is 2.79 bits per heavy atom. The number of ether oxygens (including phenoxy) is 3. The standard InChI is InChI=1S/C29H31ClN2O5S/c1-35-22-7-3-8-23(16-22)37-19-26-25-11-14-38-27(25)10-12-32(26)28(33)18-31(17-24-9-4-13-36-24)29(34)20-5-2-6-21(30)15-20/h2-3,5-8,11,14-16,24,26H,4,9-10,12-13,17-19H2,1H3/t24-,26-/m0/s1. The SMILES string of the molecule is COc1cccc(OC[C@H]2c3ccsc3CCN2C(=O)CN(C[C@@H]2CCCO2)C(=O)c2cccc(Cl)c2)c1. The topological polar surface area (TPSA) is 68.3 Å². The van der Waals surface area contributed by atoms with Gasteiger partial charge >= 0.3 is 0 Å². The molecule has 0 radical (unpaired) electrons. The van der Waals surface area contributed by atoms with Gasteiger partial charge in [0.25, 0.3) is 5.91 Å². The molecule has 9 heteroatoms. The lowest BCUT2D eigenvalue weighted by Gasteiger charge is -2.37. The first-order valence-corrected chi connectivity index (χ1v) is 14.1. The fraction of sp³-hybridized carbons (Fsp3) is 0.379. The maximum Gasteiger partial charge on any atom is 0.254 e. The minimum absolute atomic E-state index is 0.0413. The van der Waals surface area contributed by atoms with Gasteiger partial charge in [-0.05, 0) is 66.6 Å². The summed E-state index contributed by atoms with van der Waals surface area (Å²) in [6.07, 6.45) is 2.52. The zero-order chi connectivity index (χ0) is 26.5. The van der Waals surface area contributed by atoms with Crippen LogP contribution < -0.4 is 9.47 Å². The number of hydrogen-bond donors (Lipinski definition) is 0. The fourth-order valence-corrected chi connectivity index (χ4v) is 6.17. The normalized spacial score (nSPS) is 18.6. The summed E-state index contributed by atoms with van der Waals surface area (Å²) >= 11 is 7.86. The molecular weight excluding hydrogens is 524 g/mol. The van der Waals surface area contributed by atoms with Crippen molar-refractivity contribution >= 4 is 34.8 Å². The monoisotopic (exact) mass is 554 g/mol. The average molecular weight is 555 g/mol. The summed E-state index contributed by atoms with van der Waals surface area (Å²) in [5, 5.41) is 2.54. The Kier molecular flexibility index (Phi) is 8.51. The van der Waals surface area contributed by atoms with Gasteiger partial charge in [0.15, 0.2) is 0 Å². The van der Waals surface area contributed by atoms with E-state index in [-0.39, 0.29) is 30.5 Å². The van der Waals surface area contributed by atoms with Gasteiger partial charge in [0.2, 0.25) is 5.91 Å². The Labute approximate surface area is 231 Å². The molecule has 1 fully saturated rings. The number of carbonyl (C=O) groups is 2. The van der Waals surface area contributed by atoms with Gasteiger partial charge in [-0.2, -0.15) is 0 Å². The summed E-state index contributed by atoms with van der Waals surface area (Å²) in [6.45, 7) is 1.86. The summed E-state index contributed by atoms with van der Waals surface area (Å²) in [5.41, 5.74) is 1.56. The minimum Gasteiger partial charge on any atom is -0.497 e. The third-order valence-electron chi connectivity index (χ3n) is 7.00. The molecule has 200 valence electrons. The molecule has 0 saturated carbocycles. The first-order valence-electron chi connectivity index (χ1n) is 12.8. The molecule has 5 rings (SSSR count). The Morgan fingerprint density at radius 2 is 2.00 bits per heavy atom. The summed E-state index contributed by atoms with van der Waals surface area (Å²) in [5.74, 6) is 1.04. The Balaban J connectivity index is 1.35. The van der Waals surface area contributed by atoms with Gasteiger partial charge in [-0.25, -0.2) is 0 Å². The van der Waals surface area contributed by atoms with Gasteiger partial charge in [0.05, 0.1) is 19.3 Å². The number of hydrogen-bond acceptors (Lipinski definition) is 6. The second kappa shape index (κ2) is 12.2. The highest BCUT2D eigenvalue weighted by molar-refractivity contribution is 7.10. The molecule has 1 saturated heterocycles. The zero-order valence-corrected chi connectivity index (χ0v) is 22.9. The summed E-state index contributed by atoms with van der Waals surface area (Å²) < 4.78 is 17.3. The zero-order valence-electron chi connectivity index (χ0n) is 21.3. The fourth-order valence-electron chi connectivity index (χ4n) is 5.05. The van der Waals surface area contributed by atoms with Crippen LogP contribution in [0.15, 0.2) is 60.0 Å². The van der Waals surface area contributed by atoms with Crippen molar-refractivity contribution in [3.8, 4) is 11.5 Å². The molecule has 3 heterocycles. The minimum atomic E-state index is -0.255. The Morgan fingerprint density at radius 1 is 1.16 bits per heavy atom. The van der Waals surface area contributed by atoms with Gasteiger partial charge < -0.3 is 24.0 Å². The molecule has 7 nitrogen and oxygen atoms in total.